The molecule has 0 saturated carbocycles. The summed E-state index contributed by atoms with van der Waals surface area (Å²) in [6, 6.07) is 16.5. The molecule has 1 amide bonds. The Morgan fingerprint density at radius 3 is 2.48 bits per heavy atom. The number of anilines is 1. The molecule has 0 radical (unpaired) electrons. The molecule has 3 nitrogen and oxygen atoms in total. The maximum Gasteiger partial charge on any atom is 0.241 e. The van der Waals surface area contributed by atoms with Gasteiger partial charge in [-0.2, -0.15) is 0 Å². The number of aryl methyl sites for hydroxylation is 2. The zero-order valence-corrected chi connectivity index (χ0v) is 13.9. The fourth-order valence-electron chi connectivity index (χ4n) is 3.35. The number of para-hydroxylation sites is 1. The van der Waals surface area contributed by atoms with Crippen LogP contribution in [0.3, 0.4) is 0 Å². The number of likely N-dealkylation sites (tertiary alicyclic amines) is 1. The summed E-state index contributed by atoms with van der Waals surface area (Å²) < 4.78 is 0. The molecule has 120 valence electrons. The van der Waals surface area contributed by atoms with Crippen LogP contribution in [0.4, 0.5) is 5.69 Å². The van der Waals surface area contributed by atoms with Crippen molar-refractivity contribution in [2.75, 3.05) is 11.9 Å². The van der Waals surface area contributed by atoms with E-state index in [1.807, 2.05) is 38.1 Å². The number of rotatable bonds is 4. The summed E-state index contributed by atoms with van der Waals surface area (Å²) >= 11 is 0. The lowest BCUT2D eigenvalue weighted by Gasteiger charge is -2.24. The quantitative estimate of drug-likeness (QED) is 0.929. The standard InChI is InChI=1S/C20H24N2O/c1-15-8-6-9-16(2)19(15)21-20(23)18-12-7-13-22(18)14-17-10-4-3-5-11-17/h3-6,8-11,18H,7,12-14H2,1-2H3,(H,21,23). The first-order valence-electron chi connectivity index (χ1n) is 8.30. The summed E-state index contributed by atoms with van der Waals surface area (Å²) in [4.78, 5) is 15.1. The van der Waals surface area contributed by atoms with Crippen LogP contribution < -0.4 is 5.32 Å². The summed E-state index contributed by atoms with van der Waals surface area (Å²) in [5.41, 5.74) is 4.46. The van der Waals surface area contributed by atoms with Crippen LogP contribution in [0.1, 0.15) is 29.5 Å². The normalized spacial score (nSPS) is 18.1. The number of nitrogens with zero attached hydrogens (tertiary/aromatic N) is 1. The molecule has 1 unspecified atom stereocenters. The lowest BCUT2D eigenvalue weighted by Crippen LogP contribution is -2.39. The van der Waals surface area contributed by atoms with Crippen LogP contribution in [0.15, 0.2) is 48.5 Å². The number of carbonyl (C=O) groups excluding carboxylic acids is 1. The Labute approximate surface area is 138 Å². The van der Waals surface area contributed by atoms with Crippen molar-refractivity contribution in [1.82, 2.24) is 4.90 Å². The van der Waals surface area contributed by atoms with Crippen molar-refractivity contribution in [3.8, 4) is 0 Å². The minimum Gasteiger partial charge on any atom is -0.324 e. The number of carbonyl (C=O) groups is 1. The molecule has 2 aromatic rings. The Balaban J connectivity index is 1.71. The zero-order chi connectivity index (χ0) is 16.2. The molecular formula is C20H24N2O. The molecular weight excluding hydrogens is 284 g/mol. The molecule has 0 bridgehead atoms. The van der Waals surface area contributed by atoms with Crippen molar-refractivity contribution < 1.29 is 4.79 Å². The summed E-state index contributed by atoms with van der Waals surface area (Å²) in [5.74, 6) is 0.121. The molecule has 1 fully saturated rings. The van der Waals surface area contributed by atoms with Crippen molar-refractivity contribution in [3.05, 3.63) is 65.2 Å². The van der Waals surface area contributed by atoms with Crippen molar-refractivity contribution >= 4 is 11.6 Å². The minimum absolute atomic E-state index is 0.0331. The molecule has 0 aliphatic carbocycles. The molecule has 1 N–H and O–H groups in total. The van der Waals surface area contributed by atoms with Crippen LogP contribution >= 0.6 is 0 Å². The topological polar surface area (TPSA) is 32.3 Å². The molecule has 1 atom stereocenters. The highest BCUT2D eigenvalue weighted by Crippen LogP contribution is 2.24. The molecule has 1 aliphatic heterocycles. The molecule has 3 heteroatoms. The van der Waals surface area contributed by atoms with Gasteiger partial charge in [0.15, 0.2) is 0 Å². The van der Waals surface area contributed by atoms with E-state index >= 15 is 0 Å². The molecule has 1 saturated heterocycles. The first-order valence-corrected chi connectivity index (χ1v) is 8.30. The van der Waals surface area contributed by atoms with Gasteiger partial charge < -0.3 is 5.32 Å². The average molecular weight is 308 g/mol. The van der Waals surface area contributed by atoms with Crippen LogP contribution in [0.2, 0.25) is 0 Å². The van der Waals surface area contributed by atoms with E-state index in [1.165, 1.54) is 5.56 Å². The molecule has 1 aliphatic rings. The third-order valence-electron chi connectivity index (χ3n) is 4.62. The minimum atomic E-state index is -0.0331. The van der Waals surface area contributed by atoms with Crippen LogP contribution in [0.25, 0.3) is 0 Å². The Morgan fingerprint density at radius 1 is 1.09 bits per heavy atom. The first-order chi connectivity index (χ1) is 11.1. The second-order valence-electron chi connectivity index (χ2n) is 6.37. The van der Waals surface area contributed by atoms with E-state index in [-0.39, 0.29) is 11.9 Å². The molecule has 3 rings (SSSR count). The summed E-state index contributed by atoms with van der Waals surface area (Å²) in [5, 5.41) is 3.16. The van der Waals surface area contributed by atoms with Gasteiger partial charge in [-0.3, -0.25) is 9.69 Å². The van der Waals surface area contributed by atoms with Gasteiger partial charge in [0.1, 0.15) is 0 Å². The molecule has 0 aromatic heterocycles. The van der Waals surface area contributed by atoms with Gasteiger partial charge in [0, 0.05) is 12.2 Å². The second-order valence-corrected chi connectivity index (χ2v) is 6.37. The predicted octanol–water partition coefficient (Wildman–Crippen LogP) is 3.91. The van der Waals surface area contributed by atoms with Crippen LogP contribution in [0.5, 0.6) is 0 Å². The van der Waals surface area contributed by atoms with Gasteiger partial charge in [0.2, 0.25) is 5.91 Å². The van der Waals surface area contributed by atoms with Crippen molar-refractivity contribution in [2.45, 2.75) is 39.3 Å². The van der Waals surface area contributed by atoms with Gasteiger partial charge in [0.05, 0.1) is 6.04 Å². The van der Waals surface area contributed by atoms with E-state index in [0.29, 0.717) is 0 Å². The van der Waals surface area contributed by atoms with Crippen LogP contribution in [-0.4, -0.2) is 23.4 Å². The highest BCUT2D eigenvalue weighted by molar-refractivity contribution is 5.96. The van der Waals surface area contributed by atoms with Gasteiger partial charge >= 0.3 is 0 Å². The summed E-state index contributed by atoms with van der Waals surface area (Å²) in [7, 11) is 0. The zero-order valence-electron chi connectivity index (χ0n) is 13.9. The molecule has 0 spiro atoms. The van der Waals surface area contributed by atoms with Crippen LogP contribution in [0, 0.1) is 13.8 Å². The number of benzene rings is 2. The van der Waals surface area contributed by atoms with Crippen LogP contribution in [-0.2, 0) is 11.3 Å². The van der Waals surface area contributed by atoms with Crippen molar-refractivity contribution in [3.63, 3.8) is 0 Å². The third kappa shape index (κ3) is 3.62. The smallest absolute Gasteiger partial charge is 0.241 e. The van der Waals surface area contributed by atoms with Gasteiger partial charge in [-0.1, -0.05) is 48.5 Å². The van der Waals surface area contributed by atoms with Gasteiger partial charge in [-0.25, -0.2) is 0 Å². The van der Waals surface area contributed by atoms with E-state index in [1.54, 1.807) is 0 Å². The van der Waals surface area contributed by atoms with E-state index in [9.17, 15) is 4.79 Å². The summed E-state index contributed by atoms with van der Waals surface area (Å²) in [6.07, 6.45) is 2.02. The van der Waals surface area contributed by atoms with Crippen molar-refractivity contribution in [1.29, 1.82) is 0 Å². The van der Waals surface area contributed by atoms with Gasteiger partial charge in [0.25, 0.3) is 0 Å². The number of nitrogens with one attached hydrogen (secondary N) is 1. The number of amides is 1. The Hall–Kier alpha value is -2.13. The SMILES string of the molecule is Cc1cccc(C)c1NC(=O)C1CCCN1Cc1ccccc1. The predicted molar refractivity (Wildman–Crippen MR) is 94.4 cm³/mol. The van der Waals surface area contributed by atoms with E-state index in [4.69, 9.17) is 0 Å². The maximum absolute atomic E-state index is 12.8. The lowest BCUT2D eigenvalue weighted by molar-refractivity contribution is -0.120. The second kappa shape index (κ2) is 6.97. The molecule has 2 aromatic carbocycles. The third-order valence-corrected chi connectivity index (χ3v) is 4.62. The van der Waals surface area contributed by atoms with E-state index in [2.05, 4.69) is 34.5 Å². The van der Waals surface area contributed by atoms with Gasteiger partial charge in [-0.05, 0) is 49.9 Å². The largest absolute Gasteiger partial charge is 0.324 e. The van der Waals surface area contributed by atoms with Gasteiger partial charge in [-0.15, -0.1) is 0 Å². The fourth-order valence-corrected chi connectivity index (χ4v) is 3.35. The number of hydrogen-bond donors (Lipinski definition) is 1. The fraction of sp³-hybridized carbons (Fsp3) is 0.350. The highest BCUT2D eigenvalue weighted by Gasteiger charge is 2.30. The Morgan fingerprint density at radius 2 is 1.78 bits per heavy atom. The number of hydrogen-bond acceptors (Lipinski definition) is 2. The molecule has 1 heterocycles. The van der Waals surface area contributed by atoms with E-state index < -0.39 is 0 Å². The molecule has 23 heavy (non-hydrogen) atoms. The Kier molecular flexibility index (Phi) is 4.77. The van der Waals surface area contributed by atoms with Crippen molar-refractivity contribution in [2.24, 2.45) is 0 Å². The highest BCUT2D eigenvalue weighted by atomic mass is 16.2. The van der Waals surface area contributed by atoms with E-state index in [0.717, 1.165) is 42.7 Å². The summed E-state index contributed by atoms with van der Waals surface area (Å²) in [6.45, 7) is 5.91. The maximum atomic E-state index is 12.8. The lowest BCUT2D eigenvalue weighted by atomic mass is 10.1. The first kappa shape index (κ1) is 15.8. The monoisotopic (exact) mass is 308 g/mol. The Bertz CT molecular complexity index is 661. The average Bonchev–Trinajstić information content (AvgIpc) is 3.00.